The molecule has 0 radical (unpaired) electrons. The van der Waals surface area contributed by atoms with Crippen molar-refractivity contribution in [3.63, 3.8) is 0 Å². The van der Waals surface area contributed by atoms with Gasteiger partial charge in [0.1, 0.15) is 0 Å². The fraction of sp³-hybridized carbons (Fsp3) is 0.938. The van der Waals surface area contributed by atoms with Gasteiger partial charge in [-0.25, -0.2) is 0 Å². The van der Waals surface area contributed by atoms with Gasteiger partial charge < -0.3 is 9.84 Å². The predicted octanol–water partition coefficient (Wildman–Crippen LogP) is 4.10. The first-order chi connectivity index (χ1) is 9.72. The zero-order chi connectivity index (χ0) is 14.4. The number of carbonyl (C=O) groups is 1. The van der Waals surface area contributed by atoms with E-state index < -0.39 is 5.97 Å². The van der Waals surface area contributed by atoms with Gasteiger partial charge >= 0.3 is 5.97 Å². The van der Waals surface area contributed by atoms with Crippen LogP contribution in [0.5, 0.6) is 0 Å². The van der Waals surface area contributed by atoms with Crippen LogP contribution in [-0.4, -0.2) is 34.3 Å². The van der Waals surface area contributed by atoms with Crippen LogP contribution >= 0.6 is 11.8 Å². The summed E-state index contributed by atoms with van der Waals surface area (Å²) in [5.74, 6) is 1.35. The van der Waals surface area contributed by atoms with E-state index in [1.807, 2.05) is 0 Å². The van der Waals surface area contributed by atoms with E-state index >= 15 is 0 Å². The molecule has 3 nitrogen and oxygen atoms in total. The van der Waals surface area contributed by atoms with Crippen molar-refractivity contribution in [2.45, 2.75) is 82.2 Å². The van der Waals surface area contributed by atoms with Gasteiger partial charge in [-0.1, -0.05) is 26.2 Å². The van der Waals surface area contributed by atoms with Crippen LogP contribution in [0.4, 0.5) is 0 Å². The summed E-state index contributed by atoms with van der Waals surface area (Å²) in [6.45, 7) is 2.25. The minimum atomic E-state index is -0.664. The monoisotopic (exact) mass is 300 g/mol. The lowest BCUT2D eigenvalue weighted by Crippen LogP contribution is -2.30. The summed E-state index contributed by atoms with van der Waals surface area (Å²) in [4.78, 5) is 10.5. The van der Waals surface area contributed by atoms with Gasteiger partial charge in [0.25, 0.3) is 0 Å². The van der Waals surface area contributed by atoms with Crippen LogP contribution < -0.4 is 0 Å². The molecule has 0 unspecified atom stereocenters. The third kappa shape index (κ3) is 4.39. The van der Waals surface area contributed by atoms with E-state index in [2.05, 4.69) is 18.7 Å². The second-order valence-electron chi connectivity index (χ2n) is 6.14. The highest BCUT2D eigenvalue weighted by Crippen LogP contribution is 2.47. The van der Waals surface area contributed by atoms with E-state index in [-0.39, 0.29) is 0 Å². The van der Waals surface area contributed by atoms with Gasteiger partial charge in [0, 0.05) is 11.7 Å². The molecule has 2 aliphatic heterocycles. The Bertz CT molecular complexity index is 308. The van der Waals surface area contributed by atoms with Crippen LogP contribution in [0.25, 0.3) is 0 Å². The molecular weight excluding hydrogens is 272 g/mol. The van der Waals surface area contributed by atoms with Crippen LogP contribution in [0.2, 0.25) is 0 Å². The van der Waals surface area contributed by atoms with Crippen molar-refractivity contribution in [2.75, 3.05) is 5.75 Å². The standard InChI is InChI=1S/C16H28O3S/c1-2-11-20-16-12(13-9-10-14(16)19-13)7-5-3-4-6-8-15(17)18/h12-14,16H,2-11H2,1H3,(H,17,18)/t12-,13+,14-,16-/m0/s1. The normalized spacial score (nSPS) is 31.9. The molecule has 0 aromatic rings. The molecule has 20 heavy (non-hydrogen) atoms. The van der Waals surface area contributed by atoms with Gasteiger partial charge in [0.2, 0.25) is 0 Å². The Morgan fingerprint density at radius 3 is 2.70 bits per heavy atom. The Morgan fingerprint density at radius 1 is 1.20 bits per heavy atom. The van der Waals surface area contributed by atoms with E-state index in [0.29, 0.717) is 18.6 Å². The fourth-order valence-corrected chi connectivity index (χ4v) is 5.06. The molecule has 2 saturated heterocycles. The third-order valence-electron chi connectivity index (χ3n) is 4.54. The number of rotatable bonds is 10. The maximum absolute atomic E-state index is 10.5. The van der Waals surface area contributed by atoms with Gasteiger partial charge in [0.15, 0.2) is 0 Å². The van der Waals surface area contributed by atoms with Gasteiger partial charge in [-0.05, 0) is 43.8 Å². The smallest absolute Gasteiger partial charge is 0.303 e. The number of carboxylic acid groups (broad SMARTS) is 1. The van der Waals surface area contributed by atoms with Gasteiger partial charge in [-0.2, -0.15) is 11.8 Å². The number of fused-ring (bicyclic) bond motifs is 2. The summed E-state index contributed by atoms with van der Waals surface area (Å²) in [5.41, 5.74) is 0. The molecule has 0 spiro atoms. The zero-order valence-electron chi connectivity index (χ0n) is 12.6. The molecule has 0 aromatic carbocycles. The van der Waals surface area contributed by atoms with E-state index in [1.165, 1.54) is 44.3 Å². The van der Waals surface area contributed by atoms with Gasteiger partial charge in [-0.15, -0.1) is 0 Å². The lowest BCUT2D eigenvalue weighted by atomic mass is 9.85. The first-order valence-corrected chi connectivity index (χ1v) is 9.26. The van der Waals surface area contributed by atoms with Crippen LogP contribution in [0.3, 0.4) is 0 Å². The van der Waals surface area contributed by atoms with Gasteiger partial charge in [-0.3, -0.25) is 4.79 Å². The van der Waals surface area contributed by atoms with Crippen LogP contribution in [0.1, 0.15) is 64.7 Å². The average molecular weight is 300 g/mol. The van der Waals surface area contributed by atoms with Crippen molar-refractivity contribution in [2.24, 2.45) is 5.92 Å². The van der Waals surface area contributed by atoms with E-state index in [9.17, 15) is 4.79 Å². The van der Waals surface area contributed by atoms with Crippen molar-refractivity contribution in [1.29, 1.82) is 0 Å². The molecular formula is C16H28O3S. The third-order valence-corrected chi connectivity index (χ3v) is 6.23. The van der Waals surface area contributed by atoms with E-state index in [0.717, 1.165) is 24.0 Å². The Hall–Kier alpha value is -0.220. The molecule has 2 bridgehead atoms. The largest absolute Gasteiger partial charge is 0.481 e. The second-order valence-corrected chi connectivity index (χ2v) is 7.42. The minimum Gasteiger partial charge on any atom is -0.481 e. The molecule has 4 heteroatoms. The highest BCUT2D eigenvalue weighted by Gasteiger charge is 2.48. The number of hydrogen-bond acceptors (Lipinski definition) is 3. The van der Waals surface area contributed by atoms with Crippen molar-refractivity contribution in [3.05, 3.63) is 0 Å². The first kappa shape index (κ1) is 16.2. The lowest BCUT2D eigenvalue weighted by molar-refractivity contribution is -0.137. The summed E-state index contributed by atoms with van der Waals surface area (Å²) in [6.07, 6.45) is 10.7. The SMILES string of the molecule is CCCS[C@H]1[C@@H](CCCCCCC(=O)O)[C@H]2CC[C@@H]1O2. The molecule has 0 aromatic heterocycles. The molecule has 2 heterocycles. The Morgan fingerprint density at radius 2 is 1.95 bits per heavy atom. The van der Waals surface area contributed by atoms with Crippen molar-refractivity contribution in [1.82, 2.24) is 0 Å². The molecule has 116 valence electrons. The average Bonchev–Trinajstić information content (AvgIpc) is 3.01. The van der Waals surface area contributed by atoms with Crippen LogP contribution in [0, 0.1) is 5.92 Å². The van der Waals surface area contributed by atoms with Crippen molar-refractivity contribution >= 4 is 17.7 Å². The van der Waals surface area contributed by atoms with Crippen LogP contribution in [-0.2, 0) is 9.53 Å². The zero-order valence-corrected chi connectivity index (χ0v) is 13.4. The molecule has 2 fully saturated rings. The molecule has 0 aliphatic carbocycles. The van der Waals surface area contributed by atoms with Crippen molar-refractivity contribution < 1.29 is 14.6 Å². The number of hydrogen-bond donors (Lipinski definition) is 1. The topological polar surface area (TPSA) is 46.5 Å². The highest BCUT2D eigenvalue weighted by molar-refractivity contribution is 7.99. The summed E-state index contributed by atoms with van der Waals surface area (Å²) < 4.78 is 6.11. The molecule has 2 rings (SSSR count). The number of unbranched alkanes of at least 4 members (excludes halogenated alkanes) is 3. The van der Waals surface area contributed by atoms with Gasteiger partial charge in [0.05, 0.1) is 12.2 Å². The Kier molecular flexibility index (Phi) is 6.69. The summed E-state index contributed by atoms with van der Waals surface area (Å²) in [7, 11) is 0. The summed E-state index contributed by atoms with van der Waals surface area (Å²) >= 11 is 2.12. The van der Waals surface area contributed by atoms with Crippen LogP contribution in [0.15, 0.2) is 0 Å². The maximum atomic E-state index is 10.5. The molecule has 2 aliphatic rings. The highest BCUT2D eigenvalue weighted by atomic mass is 32.2. The Labute approximate surface area is 126 Å². The minimum absolute atomic E-state index is 0.326. The summed E-state index contributed by atoms with van der Waals surface area (Å²) in [6, 6.07) is 0. The number of ether oxygens (including phenoxy) is 1. The fourth-order valence-electron chi connectivity index (χ4n) is 3.58. The Balaban J connectivity index is 1.64. The van der Waals surface area contributed by atoms with E-state index in [4.69, 9.17) is 9.84 Å². The van der Waals surface area contributed by atoms with Crippen molar-refractivity contribution in [3.8, 4) is 0 Å². The first-order valence-electron chi connectivity index (χ1n) is 8.21. The molecule has 1 N–H and O–H groups in total. The summed E-state index contributed by atoms with van der Waals surface area (Å²) in [5, 5.41) is 9.34. The maximum Gasteiger partial charge on any atom is 0.303 e. The molecule has 0 amide bonds. The molecule has 4 atom stereocenters. The predicted molar refractivity (Wildman–Crippen MR) is 83.3 cm³/mol. The number of carboxylic acids is 1. The lowest BCUT2D eigenvalue weighted by Gasteiger charge is -2.27. The van der Waals surface area contributed by atoms with E-state index in [1.54, 1.807) is 0 Å². The number of aliphatic carboxylic acids is 1. The number of thioether (sulfide) groups is 1. The second kappa shape index (κ2) is 8.28. The quantitative estimate of drug-likeness (QED) is 0.617. The molecule has 0 saturated carbocycles.